The van der Waals surface area contributed by atoms with Gasteiger partial charge in [0, 0.05) is 61.6 Å². The van der Waals surface area contributed by atoms with Crippen molar-refractivity contribution < 1.29 is 14.7 Å². The second-order valence-corrected chi connectivity index (χ2v) is 15.0. The molecule has 1 aliphatic heterocycles. The molecule has 3 N–H and O–H groups in total. The van der Waals surface area contributed by atoms with Crippen LogP contribution in [0.25, 0.3) is 0 Å². The van der Waals surface area contributed by atoms with Crippen molar-refractivity contribution in [1.82, 2.24) is 20.5 Å². The molecular formula is C39H49N5O3S. The second-order valence-electron chi connectivity index (χ2n) is 14.1. The van der Waals surface area contributed by atoms with Crippen LogP contribution in [0.1, 0.15) is 87.8 Å². The summed E-state index contributed by atoms with van der Waals surface area (Å²) in [5.41, 5.74) is 6.01. The lowest BCUT2D eigenvalue weighted by atomic mass is 9.86. The molecule has 2 amide bonds. The average molecular weight is 668 g/mol. The second kappa shape index (κ2) is 15.4. The molecule has 4 aromatic rings. The number of anilines is 1. The first-order chi connectivity index (χ1) is 22.9. The molecule has 8 nitrogen and oxygen atoms in total. The van der Waals surface area contributed by atoms with Crippen LogP contribution in [0.4, 0.5) is 5.69 Å². The molecule has 9 heteroatoms. The van der Waals surface area contributed by atoms with Crippen molar-refractivity contribution in [2.75, 3.05) is 32.1 Å². The highest BCUT2D eigenvalue weighted by molar-refractivity contribution is 7.09. The zero-order chi connectivity index (χ0) is 34.4. The Morgan fingerprint density at radius 2 is 1.75 bits per heavy atom. The van der Waals surface area contributed by atoms with Crippen LogP contribution < -0.4 is 15.5 Å². The fraction of sp³-hybridized carbons (Fsp3) is 0.410. The fourth-order valence-corrected chi connectivity index (χ4v) is 7.08. The summed E-state index contributed by atoms with van der Waals surface area (Å²) in [6.07, 6.45) is 1.38. The summed E-state index contributed by atoms with van der Waals surface area (Å²) in [5.74, 6) is -0.442. The summed E-state index contributed by atoms with van der Waals surface area (Å²) in [6.45, 7) is 10.1. The van der Waals surface area contributed by atoms with E-state index in [4.69, 9.17) is 0 Å². The third-order valence-electron chi connectivity index (χ3n) is 8.93. The van der Waals surface area contributed by atoms with Crippen LogP contribution in [-0.4, -0.2) is 66.1 Å². The van der Waals surface area contributed by atoms with Gasteiger partial charge in [0.05, 0.1) is 18.2 Å². The van der Waals surface area contributed by atoms with Crippen LogP contribution in [0.5, 0.6) is 0 Å². The molecule has 254 valence electrons. The molecule has 0 saturated carbocycles. The van der Waals surface area contributed by atoms with Crippen molar-refractivity contribution in [3.8, 4) is 0 Å². The number of aromatic nitrogens is 1. The molecule has 5 rings (SSSR count). The first-order valence-electron chi connectivity index (χ1n) is 16.8. The van der Waals surface area contributed by atoms with E-state index in [9.17, 15) is 14.7 Å². The Bertz CT molecular complexity index is 1700. The molecule has 0 bridgehead atoms. The van der Waals surface area contributed by atoms with E-state index in [2.05, 4.69) is 60.7 Å². The first-order valence-corrected chi connectivity index (χ1v) is 17.7. The van der Waals surface area contributed by atoms with Gasteiger partial charge in [-0.1, -0.05) is 75.4 Å². The maximum Gasteiger partial charge on any atom is 0.254 e. The Hall–Kier alpha value is -4.05. The number of carbonyl (C=O) groups excluding carboxylic acids is 2. The van der Waals surface area contributed by atoms with E-state index in [0.29, 0.717) is 37.2 Å². The fourth-order valence-electron chi connectivity index (χ4n) is 6.14. The summed E-state index contributed by atoms with van der Waals surface area (Å²) < 4.78 is 0. The van der Waals surface area contributed by atoms with Crippen LogP contribution in [0.15, 0.2) is 78.2 Å². The Morgan fingerprint density at radius 3 is 2.44 bits per heavy atom. The van der Waals surface area contributed by atoms with Crippen LogP contribution in [0.3, 0.4) is 0 Å². The van der Waals surface area contributed by atoms with Crippen LogP contribution in [0, 0.1) is 6.92 Å². The number of thiazole rings is 1. The van der Waals surface area contributed by atoms with Gasteiger partial charge in [-0.15, -0.1) is 11.3 Å². The number of rotatable bonds is 12. The highest BCUT2D eigenvalue weighted by Crippen LogP contribution is 2.35. The Kier molecular flexibility index (Phi) is 11.3. The Labute approximate surface area is 289 Å². The molecule has 48 heavy (non-hydrogen) atoms. The zero-order valence-corrected chi connectivity index (χ0v) is 29.8. The quantitative estimate of drug-likeness (QED) is 0.165. The monoisotopic (exact) mass is 667 g/mol. The largest absolute Gasteiger partial charge is 0.390 e. The molecule has 3 aromatic carbocycles. The highest BCUT2D eigenvalue weighted by Gasteiger charge is 2.33. The average Bonchev–Trinajstić information content (AvgIpc) is 3.73. The van der Waals surface area contributed by atoms with E-state index in [1.54, 1.807) is 23.5 Å². The van der Waals surface area contributed by atoms with Crippen molar-refractivity contribution in [2.24, 2.45) is 0 Å². The predicted molar refractivity (Wildman–Crippen MR) is 195 cm³/mol. The van der Waals surface area contributed by atoms with Gasteiger partial charge < -0.3 is 25.5 Å². The molecule has 0 spiro atoms. The minimum Gasteiger partial charge on any atom is -0.390 e. The summed E-state index contributed by atoms with van der Waals surface area (Å²) in [4.78, 5) is 36.4. The molecular weight excluding hydrogens is 619 g/mol. The van der Waals surface area contributed by atoms with Gasteiger partial charge in [0.1, 0.15) is 5.01 Å². The predicted octanol–water partition coefficient (Wildman–Crippen LogP) is 6.28. The van der Waals surface area contributed by atoms with Crippen LogP contribution >= 0.6 is 11.3 Å². The van der Waals surface area contributed by atoms with Crippen LogP contribution in [-0.2, 0) is 18.4 Å². The molecule has 1 saturated heterocycles. The maximum atomic E-state index is 14.0. The summed E-state index contributed by atoms with van der Waals surface area (Å²) in [5, 5.41) is 20.9. The van der Waals surface area contributed by atoms with Gasteiger partial charge in [-0.05, 0) is 66.5 Å². The van der Waals surface area contributed by atoms with E-state index >= 15 is 0 Å². The molecule has 0 aliphatic carbocycles. The third-order valence-corrected chi connectivity index (χ3v) is 10.00. The highest BCUT2D eigenvalue weighted by atomic mass is 32.1. The SMILES string of the molecule is Cc1csc([C@H]2CCCN2C(=O)c2cc(C(=O)N[C@@H](Cc3ccccc3)[C@H](O)CNCc3cccc(C(C)(C)C)c3)cc(N(C)C)c2)n1. The number of benzene rings is 3. The number of aliphatic hydroxyl groups is 1. The number of hydrogen-bond donors (Lipinski definition) is 3. The number of aliphatic hydroxyl groups excluding tert-OH is 1. The number of nitrogens with one attached hydrogen (secondary N) is 2. The summed E-state index contributed by atoms with van der Waals surface area (Å²) >= 11 is 1.59. The standard InChI is InChI=1S/C39H49N5O3S/c1-26-25-48-37(41-26)34-16-11-17-44(34)38(47)30-20-29(21-32(22-30)43(5)6)36(46)42-33(19-27-12-8-7-9-13-27)35(45)24-40-23-28-14-10-15-31(18-28)39(2,3)4/h7-10,12-15,18,20-22,25,33-35,40,45H,11,16-17,19,23-24H2,1-6H3,(H,42,46)/t33-,34+,35+/m0/s1. The number of amides is 2. The van der Waals surface area contributed by atoms with Gasteiger partial charge in [0.2, 0.25) is 0 Å². The molecule has 1 aromatic heterocycles. The van der Waals surface area contributed by atoms with E-state index in [0.717, 1.165) is 40.4 Å². The number of aryl methyl sites for hydroxylation is 1. The summed E-state index contributed by atoms with van der Waals surface area (Å²) in [6, 6.07) is 23.0. The summed E-state index contributed by atoms with van der Waals surface area (Å²) in [7, 11) is 3.79. The van der Waals surface area contributed by atoms with Gasteiger partial charge in [-0.3, -0.25) is 9.59 Å². The third kappa shape index (κ3) is 8.89. The van der Waals surface area contributed by atoms with Crippen LogP contribution in [0.2, 0.25) is 0 Å². The molecule has 2 heterocycles. The lowest BCUT2D eigenvalue weighted by molar-refractivity contribution is 0.0735. The van der Waals surface area contributed by atoms with Gasteiger partial charge in [-0.2, -0.15) is 0 Å². The van der Waals surface area contributed by atoms with Crippen molar-refractivity contribution in [2.45, 2.75) is 77.1 Å². The van der Waals surface area contributed by atoms with E-state index in [1.807, 2.05) is 72.6 Å². The maximum absolute atomic E-state index is 14.0. The molecule has 1 fully saturated rings. The number of carbonyl (C=O) groups is 2. The minimum absolute atomic E-state index is 0.0472. The molecule has 1 aliphatic rings. The molecule has 3 atom stereocenters. The lowest BCUT2D eigenvalue weighted by Crippen LogP contribution is -2.48. The van der Waals surface area contributed by atoms with Gasteiger partial charge >= 0.3 is 0 Å². The first kappa shape index (κ1) is 35.3. The van der Waals surface area contributed by atoms with E-state index in [1.165, 1.54) is 5.56 Å². The van der Waals surface area contributed by atoms with E-state index < -0.39 is 12.1 Å². The van der Waals surface area contributed by atoms with Crippen molar-refractivity contribution >= 4 is 28.8 Å². The minimum atomic E-state index is -0.856. The lowest BCUT2D eigenvalue weighted by Gasteiger charge is -2.26. The van der Waals surface area contributed by atoms with Gasteiger partial charge in [0.15, 0.2) is 0 Å². The zero-order valence-electron chi connectivity index (χ0n) is 29.0. The number of nitrogens with zero attached hydrogens (tertiary/aromatic N) is 3. The molecule has 0 unspecified atom stereocenters. The van der Waals surface area contributed by atoms with Gasteiger partial charge in [0.25, 0.3) is 11.8 Å². The normalized spacial score (nSPS) is 16.1. The van der Waals surface area contributed by atoms with Gasteiger partial charge in [-0.25, -0.2) is 4.98 Å². The number of hydrogen-bond acceptors (Lipinski definition) is 7. The van der Waals surface area contributed by atoms with Crippen molar-refractivity contribution in [1.29, 1.82) is 0 Å². The van der Waals surface area contributed by atoms with E-state index in [-0.39, 0.29) is 23.3 Å². The van der Waals surface area contributed by atoms with Crippen molar-refractivity contribution in [3.05, 3.63) is 117 Å². The number of likely N-dealkylation sites (tertiary alicyclic amines) is 1. The molecule has 0 radical (unpaired) electrons. The Morgan fingerprint density at radius 1 is 1.02 bits per heavy atom. The van der Waals surface area contributed by atoms with Crippen molar-refractivity contribution in [3.63, 3.8) is 0 Å². The topological polar surface area (TPSA) is 97.8 Å². The smallest absolute Gasteiger partial charge is 0.254 e. The Balaban J connectivity index is 1.34.